The van der Waals surface area contributed by atoms with Crippen LogP contribution in [0.3, 0.4) is 0 Å². The van der Waals surface area contributed by atoms with Gasteiger partial charge in [0.2, 0.25) is 5.91 Å². The molecular weight excluding hydrogens is 348 g/mol. The normalized spacial score (nSPS) is 11.1. The number of carbonyl (C=O) groups excluding carboxylic acids is 2. The highest BCUT2D eigenvalue weighted by Crippen LogP contribution is 2.28. The molecule has 150 valence electrons. The monoisotopic (exact) mass is 378 g/mol. The molecule has 0 aliphatic heterocycles. The van der Waals surface area contributed by atoms with Crippen LogP contribution in [0.2, 0.25) is 0 Å². The molecule has 0 saturated carbocycles. The van der Waals surface area contributed by atoms with E-state index < -0.39 is 4.92 Å². The molecule has 0 saturated heterocycles. The van der Waals surface area contributed by atoms with Gasteiger partial charge in [0.15, 0.2) is 0 Å². The zero-order valence-electron chi connectivity index (χ0n) is 16.7. The number of hydrogen-bond donors (Lipinski definition) is 0. The lowest BCUT2D eigenvalue weighted by Crippen LogP contribution is -2.30. The predicted molar refractivity (Wildman–Crippen MR) is 103 cm³/mol. The van der Waals surface area contributed by atoms with Gasteiger partial charge in [-0.05, 0) is 37.2 Å². The first-order chi connectivity index (χ1) is 12.6. The van der Waals surface area contributed by atoms with E-state index in [1.807, 2.05) is 0 Å². The number of likely N-dealkylation sites (N-methyl/N-ethyl adjacent to an activating group) is 1. The topological polar surface area (TPSA) is 89.8 Å². The second kappa shape index (κ2) is 10.6. The highest BCUT2D eigenvalue weighted by molar-refractivity contribution is 5.76. The number of carbonyl (C=O) groups is 2. The largest absolute Gasteiger partial charge is 0.466 e. The number of nitro groups is 1. The number of amides is 1. The predicted octanol–water partition coefficient (Wildman–Crippen LogP) is 3.75. The number of benzene rings is 1. The van der Waals surface area contributed by atoms with Crippen LogP contribution in [0, 0.1) is 15.5 Å². The van der Waals surface area contributed by atoms with E-state index in [9.17, 15) is 19.7 Å². The van der Waals surface area contributed by atoms with Crippen LogP contribution in [0.4, 0.5) is 5.69 Å². The summed E-state index contributed by atoms with van der Waals surface area (Å²) in [6.07, 6.45) is 2.82. The first-order valence-electron chi connectivity index (χ1n) is 9.27. The molecular formula is C20H30N2O5. The van der Waals surface area contributed by atoms with Crippen LogP contribution in [0.5, 0.6) is 0 Å². The molecule has 1 rings (SSSR count). The lowest BCUT2D eigenvalue weighted by Gasteiger charge is -2.25. The summed E-state index contributed by atoms with van der Waals surface area (Å²) in [7, 11) is 1.76. The number of ether oxygens (including phenoxy) is 1. The highest BCUT2D eigenvalue weighted by Gasteiger charge is 2.22. The van der Waals surface area contributed by atoms with Gasteiger partial charge >= 0.3 is 5.97 Å². The van der Waals surface area contributed by atoms with Crippen LogP contribution in [-0.2, 0) is 20.7 Å². The third-order valence-corrected chi connectivity index (χ3v) is 4.64. The maximum Gasteiger partial charge on any atom is 0.305 e. The molecule has 0 radical (unpaired) electrons. The molecule has 0 heterocycles. The molecule has 0 aliphatic rings. The van der Waals surface area contributed by atoms with E-state index in [1.54, 1.807) is 31.0 Å². The number of esters is 1. The summed E-state index contributed by atoms with van der Waals surface area (Å²) in [6, 6.07) is 6.39. The third kappa shape index (κ3) is 8.66. The van der Waals surface area contributed by atoms with Gasteiger partial charge in [0, 0.05) is 38.6 Å². The van der Waals surface area contributed by atoms with Crippen molar-refractivity contribution >= 4 is 17.6 Å². The lowest BCUT2D eigenvalue weighted by molar-refractivity contribution is -0.384. The maximum atomic E-state index is 12.3. The molecule has 0 atom stereocenters. The average molecular weight is 378 g/mol. The Morgan fingerprint density at radius 1 is 1.15 bits per heavy atom. The molecule has 0 spiro atoms. The van der Waals surface area contributed by atoms with Crippen LogP contribution in [0.25, 0.3) is 0 Å². The van der Waals surface area contributed by atoms with E-state index in [0.717, 1.165) is 5.56 Å². The molecule has 1 aromatic carbocycles. The summed E-state index contributed by atoms with van der Waals surface area (Å²) in [4.78, 5) is 35.7. The van der Waals surface area contributed by atoms with Crippen molar-refractivity contribution in [3.63, 3.8) is 0 Å². The van der Waals surface area contributed by atoms with Gasteiger partial charge < -0.3 is 9.64 Å². The van der Waals surface area contributed by atoms with Crippen molar-refractivity contribution in [3.05, 3.63) is 39.9 Å². The van der Waals surface area contributed by atoms with E-state index in [-0.39, 0.29) is 23.0 Å². The van der Waals surface area contributed by atoms with E-state index >= 15 is 0 Å². The smallest absolute Gasteiger partial charge is 0.305 e. The number of hydrogen-bond acceptors (Lipinski definition) is 5. The molecule has 1 aromatic rings. The van der Waals surface area contributed by atoms with Gasteiger partial charge in [-0.2, -0.15) is 0 Å². The van der Waals surface area contributed by atoms with Crippen LogP contribution < -0.4 is 0 Å². The summed E-state index contributed by atoms with van der Waals surface area (Å²) in [6.45, 7) is 6.83. The van der Waals surface area contributed by atoms with Gasteiger partial charge in [-0.25, -0.2) is 0 Å². The van der Waals surface area contributed by atoms with E-state index in [4.69, 9.17) is 4.74 Å². The van der Waals surface area contributed by atoms with Gasteiger partial charge in [-0.15, -0.1) is 0 Å². The Morgan fingerprint density at radius 2 is 1.74 bits per heavy atom. The molecule has 0 fully saturated rings. The Balaban J connectivity index is 2.38. The standard InChI is InChI=1S/C20H30N2O5/c1-5-27-19(24)11-14-20(2,3)13-10-18(23)21(4)15-12-16-6-8-17(9-7-16)22(25)26/h6-9H,5,10-15H2,1-4H3. The number of non-ortho nitro benzene ring substituents is 1. The molecule has 0 aromatic heterocycles. The van der Waals surface area contributed by atoms with E-state index in [0.29, 0.717) is 45.3 Å². The number of rotatable bonds is 11. The average Bonchev–Trinajstić information content (AvgIpc) is 2.63. The van der Waals surface area contributed by atoms with Gasteiger partial charge in [-0.3, -0.25) is 19.7 Å². The van der Waals surface area contributed by atoms with Crippen LogP contribution >= 0.6 is 0 Å². The Labute approximate surface area is 160 Å². The maximum absolute atomic E-state index is 12.3. The van der Waals surface area contributed by atoms with Crippen molar-refractivity contribution < 1.29 is 19.2 Å². The lowest BCUT2D eigenvalue weighted by atomic mass is 9.83. The molecule has 0 N–H and O–H groups in total. The summed E-state index contributed by atoms with van der Waals surface area (Å²) >= 11 is 0. The van der Waals surface area contributed by atoms with Crippen molar-refractivity contribution in [2.24, 2.45) is 5.41 Å². The Morgan fingerprint density at radius 3 is 2.30 bits per heavy atom. The zero-order valence-corrected chi connectivity index (χ0v) is 16.7. The number of nitro benzene ring substituents is 1. The fraction of sp³-hybridized carbons (Fsp3) is 0.600. The molecule has 1 amide bonds. The van der Waals surface area contributed by atoms with Gasteiger partial charge in [0.25, 0.3) is 5.69 Å². The van der Waals surface area contributed by atoms with Crippen LogP contribution in [0.15, 0.2) is 24.3 Å². The van der Waals surface area contributed by atoms with Crippen molar-refractivity contribution in [2.45, 2.75) is 52.9 Å². The molecule has 0 aliphatic carbocycles. The Hall–Kier alpha value is -2.44. The fourth-order valence-corrected chi connectivity index (χ4v) is 2.64. The minimum atomic E-state index is -0.427. The Bertz CT molecular complexity index is 640. The van der Waals surface area contributed by atoms with Crippen LogP contribution in [0.1, 0.15) is 52.0 Å². The summed E-state index contributed by atoms with van der Waals surface area (Å²) in [5.74, 6) is -0.141. The molecule has 27 heavy (non-hydrogen) atoms. The van der Waals surface area contributed by atoms with Crippen molar-refractivity contribution in [2.75, 3.05) is 20.2 Å². The van der Waals surface area contributed by atoms with E-state index in [1.165, 1.54) is 12.1 Å². The molecule has 0 bridgehead atoms. The Kier molecular flexibility index (Phi) is 8.91. The minimum absolute atomic E-state index is 0.0566. The number of nitrogens with zero attached hydrogens (tertiary/aromatic N) is 2. The first kappa shape index (κ1) is 22.6. The van der Waals surface area contributed by atoms with Crippen LogP contribution in [-0.4, -0.2) is 41.9 Å². The van der Waals surface area contributed by atoms with Gasteiger partial charge in [0.1, 0.15) is 0 Å². The summed E-state index contributed by atoms with van der Waals surface area (Å²) < 4.78 is 4.94. The minimum Gasteiger partial charge on any atom is -0.466 e. The van der Waals surface area contributed by atoms with Crippen molar-refractivity contribution in [1.82, 2.24) is 4.90 Å². The molecule has 0 unspecified atom stereocenters. The first-order valence-corrected chi connectivity index (χ1v) is 9.27. The quantitative estimate of drug-likeness (QED) is 0.332. The molecule has 7 heteroatoms. The zero-order chi connectivity index (χ0) is 20.4. The highest BCUT2D eigenvalue weighted by atomic mass is 16.6. The summed E-state index contributed by atoms with van der Waals surface area (Å²) in [5, 5.41) is 10.7. The fourth-order valence-electron chi connectivity index (χ4n) is 2.64. The second-order valence-electron chi connectivity index (χ2n) is 7.46. The van der Waals surface area contributed by atoms with Gasteiger partial charge in [-0.1, -0.05) is 26.0 Å². The van der Waals surface area contributed by atoms with Crippen molar-refractivity contribution in [1.29, 1.82) is 0 Å². The van der Waals surface area contributed by atoms with Crippen molar-refractivity contribution in [3.8, 4) is 0 Å². The second-order valence-corrected chi connectivity index (χ2v) is 7.46. The molecule has 7 nitrogen and oxygen atoms in total. The van der Waals surface area contributed by atoms with Gasteiger partial charge in [0.05, 0.1) is 11.5 Å². The summed E-state index contributed by atoms with van der Waals surface area (Å²) in [5.41, 5.74) is 0.907. The third-order valence-electron chi connectivity index (χ3n) is 4.64. The SMILES string of the molecule is CCOC(=O)CCC(C)(C)CCC(=O)N(C)CCc1ccc([N+](=O)[O-])cc1. The van der Waals surface area contributed by atoms with E-state index in [2.05, 4.69) is 13.8 Å².